The second-order valence-electron chi connectivity index (χ2n) is 6.80. The summed E-state index contributed by atoms with van der Waals surface area (Å²) in [5.74, 6) is -0.835. The highest BCUT2D eigenvalue weighted by Gasteiger charge is 2.33. The van der Waals surface area contributed by atoms with Crippen molar-refractivity contribution in [2.45, 2.75) is 38.4 Å². The first-order chi connectivity index (χ1) is 13.3. The number of nitrogens with zero attached hydrogens (tertiary/aromatic N) is 3. The molecule has 0 bridgehead atoms. The number of thiocarbonyl (C=S) groups is 1. The lowest BCUT2D eigenvalue weighted by Crippen LogP contribution is -2.44. The maximum atomic E-state index is 12.5. The normalized spacial score (nSPS) is 10.8. The number of aldehydes is 1. The number of hydrogen-bond donors (Lipinski definition) is 1. The highest BCUT2D eigenvalue weighted by atomic mass is 32.1. The molecule has 0 fully saturated rings. The van der Waals surface area contributed by atoms with E-state index in [4.69, 9.17) is 22.6 Å². The smallest absolute Gasteiger partial charge is 0.417 e. The molecule has 1 aromatic carbocycles. The number of rotatable bonds is 8. The molecule has 1 aromatic rings. The number of carboxylic acid groups (broad SMARTS) is 1. The van der Waals surface area contributed by atoms with Gasteiger partial charge in [0.2, 0.25) is 0 Å². The van der Waals surface area contributed by atoms with Crippen LogP contribution in [0.5, 0.6) is 0 Å². The monoisotopic (exact) mass is 431 g/mol. The maximum absolute atomic E-state index is 12.5. The lowest BCUT2D eigenvalue weighted by atomic mass is 10.1. The number of anilines is 1. The Hall–Kier alpha value is -2.67. The first kappa shape index (κ1) is 26.3. The van der Waals surface area contributed by atoms with Crippen LogP contribution in [-0.4, -0.2) is 53.9 Å². The third-order valence-electron chi connectivity index (χ3n) is 3.89. The molecule has 0 unspecified atom stereocenters. The van der Waals surface area contributed by atoms with Crippen molar-refractivity contribution in [2.75, 3.05) is 25.5 Å². The lowest BCUT2D eigenvalue weighted by molar-refractivity contribution is -0.138. The van der Waals surface area contributed by atoms with E-state index in [1.54, 1.807) is 37.7 Å². The fraction of sp³-hybridized carbons (Fsp3) is 0.474. The van der Waals surface area contributed by atoms with Gasteiger partial charge in [-0.3, -0.25) is 4.79 Å². The van der Waals surface area contributed by atoms with E-state index in [1.165, 1.54) is 23.7 Å². The number of halogens is 3. The Kier molecular flexibility index (Phi) is 10.3. The SMILES string of the molecule is CC(C)(C=O)N(C=S)CCCC(=O)O.CN(C)c1ccc(C#N)c(C(F)(F)F)c1. The van der Waals surface area contributed by atoms with Crippen LogP contribution in [0.3, 0.4) is 0 Å². The van der Waals surface area contributed by atoms with Gasteiger partial charge in [-0.05, 0) is 38.5 Å². The van der Waals surface area contributed by atoms with Gasteiger partial charge in [0.15, 0.2) is 0 Å². The third-order valence-corrected chi connectivity index (χ3v) is 4.15. The van der Waals surface area contributed by atoms with E-state index in [1.807, 2.05) is 0 Å². The van der Waals surface area contributed by atoms with Crippen LogP contribution >= 0.6 is 12.2 Å². The molecule has 0 heterocycles. The minimum absolute atomic E-state index is 0.0919. The van der Waals surface area contributed by atoms with E-state index in [-0.39, 0.29) is 12.0 Å². The van der Waals surface area contributed by atoms with Gasteiger partial charge >= 0.3 is 12.1 Å². The van der Waals surface area contributed by atoms with Crippen LogP contribution in [0.15, 0.2) is 18.2 Å². The summed E-state index contributed by atoms with van der Waals surface area (Å²) >= 11 is 4.76. The molecule has 6 nitrogen and oxygen atoms in total. The Morgan fingerprint density at radius 1 is 1.31 bits per heavy atom. The summed E-state index contributed by atoms with van der Waals surface area (Å²) < 4.78 is 37.5. The molecule has 0 aromatic heterocycles. The first-order valence-corrected chi connectivity index (χ1v) is 8.96. The minimum Gasteiger partial charge on any atom is -0.481 e. The van der Waals surface area contributed by atoms with Crippen LogP contribution in [-0.2, 0) is 15.8 Å². The predicted molar refractivity (Wildman–Crippen MR) is 108 cm³/mol. The number of aliphatic carboxylic acids is 1. The van der Waals surface area contributed by atoms with E-state index < -0.39 is 23.2 Å². The highest BCUT2D eigenvalue weighted by Crippen LogP contribution is 2.33. The number of benzene rings is 1. The highest BCUT2D eigenvalue weighted by molar-refractivity contribution is 7.78. The Morgan fingerprint density at radius 3 is 2.28 bits per heavy atom. The third kappa shape index (κ3) is 8.91. The van der Waals surface area contributed by atoms with Crippen molar-refractivity contribution in [3.63, 3.8) is 0 Å². The molecule has 0 amide bonds. The van der Waals surface area contributed by atoms with Gasteiger partial charge in [0.25, 0.3) is 0 Å². The number of carbonyl (C=O) groups is 2. The Morgan fingerprint density at radius 2 is 1.90 bits per heavy atom. The van der Waals surface area contributed by atoms with E-state index in [9.17, 15) is 22.8 Å². The van der Waals surface area contributed by atoms with E-state index in [0.29, 0.717) is 18.7 Å². The molecular weight excluding hydrogens is 407 g/mol. The summed E-state index contributed by atoms with van der Waals surface area (Å²) in [5, 5.41) is 17.0. The van der Waals surface area contributed by atoms with Crippen molar-refractivity contribution < 1.29 is 27.9 Å². The number of alkyl halides is 3. The zero-order valence-electron chi connectivity index (χ0n) is 16.7. The average Bonchev–Trinajstić information content (AvgIpc) is 2.64. The molecule has 0 saturated carbocycles. The summed E-state index contributed by atoms with van der Waals surface area (Å²) in [6.45, 7) is 3.97. The second-order valence-corrected chi connectivity index (χ2v) is 7.01. The molecule has 0 spiro atoms. The van der Waals surface area contributed by atoms with E-state index >= 15 is 0 Å². The Balaban J connectivity index is 0.000000543. The van der Waals surface area contributed by atoms with Crippen LogP contribution in [0.2, 0.25) is 0 Å². The van der Waals surface area contributed by atoms with Crippen molar-refractivity contribution in [1.82, 2.24) is 4.90 Å². The molecular formula is C19H24F3N3O3S. The number of nitriles is 1. The van der Waals surface area contributed by atoms with Crippen molar-refractivity contribution in [3.05, 3.63) is 29.3 Å². The van der Waals surface area contributed by atoms with E-state index in [2.05, 4.69) is 0 Å². The molecule has 0 aliphatic carbocycles. The zero-order valence-corrected chi connectivity index (χ0v) is 17.5. The van der Waals surface area contributed by atoms with Crippen LogP contribution in [0, 0.1) is 11.3 Å². The predicted octanol–water partition coefficient (Wildman–Crippen LogP) is 3.73. The summed E-state index contributed by atoms with van der Waals surface area (Å²) in [5.41, 5.74) is -0.0816. The quantitative estimate of drug-likeness (QED) is 0.496. The largest absolute Gasteiger partial charge is 0.481 e. The molecule has 0 radical (unpaired) electrons. The molecule has 1 rings (SSSR count). The van der Waals surface area contributed by atoms with Gasteiger partial charge in [-0.2, -0.15) is 18.4 Å². The average molecular weight is 431 g/mol. The molecule has 160 valence electrons. The Labute approximate surface area is 173 Å². The molecule has 0 aliphatic heterocycles. The molecule has 0 atom stereocenters. The van der Waals surface area contributed by atoms with Crippen molar-refractivity contribution in [2.24, 2.45) is 0 Å². The van der Waals surface area contributed by atoms with Gasteiger partial charge in [0.05, 0.1) is 28.2 Å². The summed E-state index contributed by atoms with van der Waals surface area (Å²) in [4.78, 5) is 24.2. The number of carbonyl (C=O) groups excluding carboxylic acids is 1. The van der Waals surface area contributed by atoms with Gasteiger partial charge in [-0.15, -0.1) is 0 Å². The molecule has 0 saturated heterocycles. The fourth-order valence-corrected chi connectivity index (χ4v) is 2.46. The molecule has 10 heteroatoms. The summed E-state index contributed by atoms with van der Waals surface area (Å²) in [6.07, 6.45) is -3.11. The van der Waals surface area contributed by atoms with Gasteiger partial charge < -0.3 is 19.7 Å². The van der Waals surface area contributed by atoms with E-state index in [0.717, 1.165) is 12.4 Å². The molecule has 0 aliphatic rings. The first-order valence-electron chi connectivity index (χ1n) is 8.49. The van der Waals surface area contributed by atoms with Gasteiger partial charge in [0.1, 0.15) is 6.29 Å². The topological polar surface area (TPSA) is 84.6 Å². The van der Waals surface area contributed by atoms with Crippen LogP contribution in [0.4, 0.5) is 18.9 Å². The number of carboxylic acids is 1. The molecule has 1 N–H and O–H groups in total. The summed E-state index contributed by atoms with van der Waals surface area (Å²) in [6, 6.07) is 5.16. The van der Waals surface area contributed by atoms with Gasteiger partial charge in [-0.1, -0.05) is 12.2 Å². The molecule has 29 heavy (non-hydrogen) atoms. The second kappa shape index (κ2) is 11.4. The van der Waals surface area contributed by atoms with Gasteiger partial charge in [-0.25, -0.2) is 0 Å². The van der Waals surface area contributed by atoms with Crippen LogP contribution in [0.25, 0.3) is 0 Å². The summed E-state index contributed by atoms with van der Waals surface area (Å²) in [7, 11) is 3.28. The Bertz CT molecular complexity index is 759. The fourth-order valence-electron chi connectivity index (χ4n) is 2.09. The van der Waals surface area contributed by atoms with Crippen LogP contribution in [0.1, 0.15) is 37.8 Å². The zero-order chi connectivity index (χ0) is 22.8. The van der Waals surface area contributed by atoms with Crippen LogP contribution < -0.4 is 4.90 Å². The minimum atomic E-state index is -4.49. The lowest BCUT2D eigenvalue weighted by Gasteiger charge is -2.31. The van der Waals surface area contributed by atoms with Gasteiger partial charge in [0, 0.05) is 32.7 Å². The maximum Gasteiger partial charge on any atom is 0.417 e. The van der Waals surface area contributed by atoms with Crippen molar-refractivity contribution in [1.29, 1.82) is 5.26 Å². The standard InChI is InChI=1S/C10H9F3N2.C9H15NO3S/c1-15(2)8-4-3-7(6-14)9(5-8)10(11,12)13;1-9(2,6-11)10(7-14)5-3-4-8(12)13/h3-5H,1-2H3;6-7H,3-5H2,1-2H3,(H,12,13). The van der Waals surface area contributed by atoms with Crippen molar-refractivity contribution in [3.8, 4) is 6.07 Å². The number of hydrogen-bond acceptors (Lipinski definition) is 5. The van der Waals surface area contributed by atoms with Crippen molar-refractivity contribution >= 4 is 35.7 Å².